The summed E-state index contributed by atoms with van der Waals surface area (Å²) < 4.78 is 1.12. The third-order valence-electron chi connectivity index (χ3n) is 3.17. The summed E-state index contributed by atoms with van der Waals surface area (Å²) in [6, 6.07) is 4.45. The van der Waals surface area contributed by atoms with Crippen LogP contribution in [-0.4, -0.2) is 43.0 Å². The van der Waals surface area contributed by atoms with Crippen molar-refractivity contribution in [2.75, 3.05) is 33.2 Å². The van der Waals surface area contributed by atoms with E-state index in [2.05, 4.69) is 51.8 Å². The molecule has 1 aliphatic rings. The van der Waals surface area contributed by atoms with Gasteiger partial charge in [-0.1, -0.05) is 0 Å². The van der Waals surface area contributed by atoms with Crippen LogP contribution in [0.2, 0.25) is 0 Å². The molecule has 2 heterocycles. The first-order chi connectivity index (χ1) is 8.11. The number of nitriles is 1. The lowest BCUT2D eigenvalue weighted by atomic mass is 10.2. The second kappa shape index (κ2) is 5.49. The summed E-state index contributed by atoms with van der Waals surface area (Å²) in [5.41, 5.74) is 0. The largest absolute Gasteiger partial charge is 0.304 e. The topological polar surface area (TPSA) is 30.3 Å². The summed E-state index contributed by atoms with van der Waals surface area (Å²) in [6.07, 6.45) is 0. The van der Waals surface area contributed by atoms with Gasteiger partial charge in [0.2, 0.25) is 0 Å². The second-order valence-corrected chi connectivity index (χ2v) is 6.57. The van der Waals surface area contributed by atoms with E-state index >= 15 is 0 Å². The number of hydrogen-bond acceptors (Lipinski definition) is 4. The maximum atomic E-state index is 9.38. The van der Waals surface area contributed by atoms with E-state index in [-0.39, 0.29) is 6.04 Å². The first kappa shape index (κ1) is 13.0. The van der Waals surface area contributed by atoms with E-state index in [1.54, 1.807) is 11.3 Å². The molecule has 1 fully saturated rings. The summed E-state index contributed by atoms with van der Waals surface area (Å²) in [7, 11) is 2.13. The molecule has 0 amide bonds. The lowest BCUT2D eigenvalue weighted by Crippen LogP contribution is -2.45. The highest BCUT2D eigenvalue weighted by Gasteiger charge is 2.25. The van der Waals surface area contributed by atoms with Crippen molar-refractivity contribution in [1.82, 2.24) is 9.80 Å². The van der Waals surface area contributed by atoms with Crippen molar-refractivity contribution in [3.8, 4) is 6.07 Å². The molecule has 0 saturated carbocycles. The molecule has 17 heavy (non-hydrogen) atoms. The van der Waals surface area contributed by atoms with Gasteiger partial charge in [0.25, 0.3) is 0 Å². The van der Waals surface area contributed by atoms with Gasteiger partial charge in [0.05, 0.1) is 6.07 Å². The first-order valence-corrected chi connectivity index (χ1v) is 7.31. The van der Waals surface area contributed by atoms with Gasteiger partial charge < -0.3 is 4.90 Å². The van der Waals surface area contributed by atoms with E-state index in [1.807, 2.05) is 0 Å². The molecule has 1 aromatic rings. The molecule has 1 aromatic heterocycles. The third kappa shape index (κ3) is 2.89. The Labute approximate surface area is 115 Å². The van der Waals surface area contributed by atoms with Gasteiger partial charge in [0.1, 0.15) is 6.04 Å². The summed E-state index contributed by atoms with van der Waals surface area (Å²) in [6.45, 7) is 6.12. The molecular formula is C12H16BrN3S. The van der Waals surface area contributed by atoms with Crippen LogP contribution in [0, 0.1) is 18.3 Å². The zero-order valence-corrected chi connectivity index (χ0v) is 12.5. The average Bonchev–Trinajstić information content (AvgIpc) is 2.63. The van der Waals surface area contributed by atoms with Crippen LogP contribution in [0.1, 0.15) is 15.8 Å². The van der Waals surface area contributed by atoms with Crippen LogP contribution in [0.4, 0.5) is 0 Å². The van der Waals surface area contributed by atoms with Gasteiger partial charge in [-0.25, -0.2) is 0 Å². The molecule has 3 nitrogen and oxygen atoms in total. The molecule has 0 spiro atoms. The zero-order chi connectivity index (χ0) is 12.4. The average molecular weight is 314 g/mol. The smallest absolute Gasteiger partial charge is 0.133 e. The zero-order valence-electron chi connectivity index (χ0n) is 10.1. The molecule has 5 heteroatoms. The minimum Gasteiger partial charge on any atom is -0.304 e. The summed E-state index contributed by atoms with van der Waals surface area (Å²) in [5, 5.41) is 9.38. The van der Waals surface area contributed by atoms with Crippen molar-refractivity contribution in [3.63, 3.8) is 0 Å². The van der Waals surface area contributed by atoms with Gasteiger partial charge in [-0.2, -0.15) is 5.26 Å². The Morgan fingerprint density at radius 1 is 1.41 bits per heavy atom. The van der Waals surface area contributed by atoms with Gasteiger partial charge in [-0.3, -0.25) is 4.90 Å². The molecule has 2 rings (SSSR count). The van der Waals surface area contributed by atoms with Crippen molar-refractivity contribution in [1.29, 1.82) is 5.26 Å². The predicted octanol–water partition coefficient (Wildman–Crippen LogP) is 2.63. The Balaban J connectivity index is 2.14. The fourth-order valence-corrected chi connectivity index (χ4v) is 3.66. The van der Waals surface area contributed by atoms with Crippen LogP contribution in [0.15, 0.2) is 10.5 Å². The summed E-state index contributed by atoms with van der Waals surface area (Å²) >= 11 is 5.24. The molecule has 1 aliphatic heterocycles. The highest BCUT2D eigenvalue weighted by atomic mass is 79.9. The van der Waals surface area contributed by atoms with Gasteiger partial charge in [-0.15, -0.1) is 11.3 Å². The van der Waals surface area contributed by atoms with Gasteiger partial charge >= 0.3 is 0 Å². The van der Waals surface area contributed by atoms with Crippen LogP contribution in [0.25, 0.3) is 0 Å². The van der Waals surface area contributed by atoms with Gasteiger partial charge in [0.15, 0.2) is 0 Å². The standard InChI is InChI=1S/C12H16BrN3S/c1-9-10(13)7-12(17-9)11(8-14)16-5-3-15(2)4-6-16/h7,11H,3-6H2,1-2H3. The van der Waals surface area contributed by atoms with Crippen LogP contribution < -0.4 is 0 Å². The van der Waals surface area contributed by atoms with E-state index in [4.69, 9.17) is 0 Å². The molecule has 92 valence electrons. The normalized spacial score (nSPS) is 20.1. The van der Waals surface area contributed by atoms with Crippen molar-refractivity contribution in [3.05, 3.63) is 20.3 Å². The second-order valence-electron chi connectivity index (χ2n) is 4.42. The van der Waals surface area contributed by atoms with E-state index in [9.17, 15) is 5.26 Å². The highest BCUT2D eigenvalue weighted by molar-refractivity contribution is 9.10. The van der Waals surface area contributed by atoms with Crippen molar-refractivity contribution in [2.24, 2.45) is 0 Å². The van der Waals surface area contributed by atoms with E-state index in [1.165, 1.54) is 4.88 Å². The number of piperazine rings is 1. The molecule has 0 radical (unpaired) electrons. The van der Waals surface area contributed by atoms with E-state index < -0.39 is 0 Å². The molecule has 1 saturated heterocycles. The minimum atomic E-state index is -0.0845. The number of halogens is 1. The Morgan fingerprint density at radius 2 is 2.06 bits per heavy atom. The monoisotopic (exact) mass is 313 g/mol. The van der Waals surface area contributed by atoms with Crippen LogP contribution in [-0.2, 0) is 0 Å². The Morgan fingerprint density at radius 3 is 2.53 bits per heavy atom. The molecule has 0 bridgehead atoms. The Bertz CT molecular complexity index is 410. The number of nitrogens with zero attached hydrogens (tertiary/aromatic N) is 3. The third-order valence-corrected chi connectivity index (χ3v) is 5.36. The summed E-state index contributed by atoms with van der Waals surface area (Å²) in [5.74, 6) is 0. The Kier molecular flexibility index (Phi) is 4.21. The molecule has 0 aromatic carbocycles. The van der Waals surface area contributed by atoms with E-state index in [0.29, 0.717) is 0 Å². The van der Waals surface area contributed by atoms with Crippen LogP contribution in [0.3, 0.4) is 0 Å². The number of hydrogen-bond donors (Lipinski definition) is 0. The van der Waals surface area contributed by atoms with Crippen molar-refractivity contribution >= 4 is 27.3 Å². The molecule has 0 N–H and O–H groups in total. The fourth-order valence-electron chi connectivity index (χ4n) is 2.02. The molecule has 1 atom stereocenters. The van der Waals surface area contributed by atoms with Gasteiger partial charge in [0, 0.05) is 40.4 Å². The van der Waals surface area contributed by atoms with Crippen LogP contribution >= 0.6 is 27.3 Å². The lowest BCUT2D eigenvalue weighted by molar-refractivity contribution is 0.134. The highest BCUT2D eigenvalue weighted by Crippen LogP contribution is 2.33. The van der Waals surface area contributed by atoms with Gasteiger partial charge in [-0.05, 0) is 36.0 Å². The number of aryl methyl sites for hydroxylation is 1. The fraction of sp³-hybridized carbons (Fsp3) is 0.583. The molecular weight excluding hydrogens is 298 g/mol. The lowest BCUT2D eigenvalue weighted by Gasteiger charge is -2.34. The maximum Gasteiger partial charge on any atom is 0.133 e. The van der Waals surface area contributed by atoms with Crippen LogP contribution in [0.5, 0.6) is 0 Å². The van der Waals surface area contributed by atoms with E-state index in [0.717, 1.165) is 35.5 Å². The number of rotatable bonds is 2. The summed E-state index contributed by atoms with van der Waals surface area (Å²) in [4.78, 5) is 6.98. The maximum absolute atomic E-state index is 9.38. The predicted molar refractivity (Wildman–Crippen MR) is 74.2 cm³/mol. The van der Waals surface area contributed by atoms with Crippen molar-refractivity contribution < 1.29 is 0 Å². The molecule has 0 aliphatic carbocycles. The number of likely N-dealkylation sites (N-methyl/N-ethyl adjacent to an activating group) is 1. The SMILES string of the molecule is Cc1sc(C(C#N)N2CCN(C)CC2)cc1Br. The number of thiophene rings is 1. The minimum absolute atomic E-state index is 0.0845. The first-order valence-electron chi connectivity index (χ1n) is 5.70. The molecule has 1 unspecified atom stereocenters. The Hall–Kier alpha value is -0.410. The van der Waals surface area contributed by atoms with Crippen molar-refractivity contribution in [2.45, 2.75) is 13.0 Å². The quantitative estimate of drug-likeness (QED) is 0.841.